The van der Waals surface area contributed by atoms with Crippen molar-refractivity contribution in [2.75, 3.05) is 7.11 Å². The molecule has 0 saturated heterocycles. The molecule has 3 rings (SSSR count). The molecule has 1 unspecified atom stereocenters. The molecule has 2 aromatic carbocycles. The number of ether oxygens (including phenoxy) is 1. The number of amides is 1. The molecular weight excluding hydrogens is 440 g/mol. The highest BCUT2D eigenvalue weighted by Gasteiger charge is 2.14. The number of H-pyrrole nitrogens is 1. The van der Waals surface area contributed by atoms with Gasteiger partial charge in [0.2, 0.25) is 5.91 Å². The maximum Gasteiger partial charge on any atom is 0.222 e. The second kappa shape index (κ2) is 9.16. The lowest BCUT2D eigenvalue weighted by Gasteiger charge is -2.16. The van der Waals surface area contributed by atoms with Crippen molar-refractivity contribution >= 4 is 34.1 Å². The van der Waals surface area contributed by atoms with Crippen molar-refractivity contribution < 1.29 is 9.53 Å². The molecule has 1 heterocycles. The average molecular weight is 461 g/mol. The second-order valence-electron chi connectivity index (χ2n) is 6.29. The fourth-order valence-corrected chi connectivity index (χ4v) is 3.77. The second-order valence-corrected chi connectivity index (χ2v) is 7.53. The van der Waals surface area contributed by atoms with Gasteiger partial charge in [0.25, 0.3) is 0 Å². The molecule has 6 nitrogen and oxygen atoms in total. The van der Waals surface area contributed by atoms with Crippen LogP contribution >= 0.6 is 28.1 Å². The third-order valence-electron chi connectivity index (χ3n) is 4.42. The standard InChI is InChI=1S/C20H21BrN4O2S/c1-13(16-5-3-4-6-17(16)21)22-18(26)11-12-25-19(23-24-20(25)28)14-7-9-15(27-2)10-8-14/h3-10,13H,11-12H2,1-2H3,(H,22,26)(H,24,28). The van der Waals surface area contributed by atoms with Crippen LogP contribution < -0.4 is 10.1 Å². The van der Waals surface area contributed by atoms with Gasteiger partial charge in [0.05, 0.1) is 13.2 Å². The summed E-state index contributed by atoms with van der Waals surface area (Å²) in [5, 5.41) is 10.1. The van der Waals surface area contributed by atoms with Crippen molar-refractivity contribution in [1.82, 2.24) is 20.1 Å². The van der Waals surface area contributed by atoms with Gasteiger partial charge in [-0.2, -0.15) is 5.10 Å². The number of halogens is 1. The molecule has 28 heavy (non-hydrogen) atoms. The summed E-state index contributed by atoms with van der Waals surface area (Å²) in [4.78, 5) is 12.5. The van der Waals surface area contributed by atoms with E-state index < -0.39 is 0 Å². The Labute approximate surface area is 177 Å². The number of carbonyl (C=O) groups excluding carboxylic acids is 1. The Kier molecular flexibility index (Phi) is 6.64. The van der Waals surface area contributed by atoms with E-state index in [0.29, 0.717) is 23.6 Å². The van der Waals surface area contributed by atoms with Crippen LogP contribution in [0, 0.1) is 4.77 Å². The van der Waals surface area contributed by atoms with Crippen LogP contribution in [0.15, 0.2) is 53.0 Å². The first kappa shape index (κ1) is 20.3. The summed E-state index contributed by atoms with van der Waals surface area (Å²) in [5.74, 6) is 1.41. The number of rotatable bonds is 7. The highest BCUT2D eigenvalue weighted by atomic mass is 79.9. The minimum absolute atomic E-state index is 0.0490. The molecule has 2 N–H and O–H groups in total. The summed E-state index contributed by atoms with van der Waals surface area (Å²) >= 11 is 8.86. The van der Waals surface area contributed by atoms with Gasteiger partial charge in [-0.15, -0.1) is 0 Å². The van der Waals surface area contributed by atoms with E-state index in [1.54, 1.807) is 7.11 Å². The first-order valence-corrected chi connectivity index (χ1v) is 10.0. The molecule has 0 radical (unpaired) electrons. The number of aromatic amines is 1. The van der Waals surface area contributed by atoms with Gasteiger partial charge in [0.15, 0.2) is 10.6 Å². The SMILES string of the molecule is COc1ccc(-c2n[nH]c(=S)n2CCC(=O)NC(C)c2ccccc2Br)cc1. The molecule has 0 spiro atoms. The van der Waals surface area contributed by atoms with E-state index in [2.05, 4.69) is 31.4 Å². The predicted molar refractivity (Wildman–Crippen MR) is 115 cm³/mol. The van der Waals surface area contributed by atoms with Gasteiger partial charge < -0.3 is 10.1 Å². The Bertz CT molecular complexity index is 1010. The van der Waals surface area contributed by atoms with Crippen molar-refractivity contribution in [3.8, 4) is 17.1 Å². The topological polar surface area (TPSA) is 71.9 Å². The fraction of sp³-hybridized carbons (Fsp3) is 0.250. The zero-order chi connectivity index (χ0) is 20.1. The zero-order valence-corrected chi connectivity index (χ0v) is 18.0. The lowest BCUT2D eigenvalue weighted by atomic mass is 10.1. The number of benzene rings is 2. The summed E-state index contributed by atoms with van der Waals surface area (Å²) in [7, 11) is 1.62. The van der Waals surface area contributed by atoms with Gasteiger partial charge >= 0.3 is 0 Å². The Morgan fingerprint density at radius 2 is 2.00 bits per heavy atom. The van der Waals surface area contributed by atoms with Crippen molar-refractivity contribution in [1.29, 1.82) is 0 Å². The van der Waals surface area contributed by atoms with Crippen LogP contribution in [0.3, 0.4) is 0 Å². The average Bonchev–Trinajstić information content (AvgIpc) is 3.07. The summed E-state index contributed by atoms with van der Waals surface area (Å²) in [6, 6.07) is 15.3. The summed E-state index contributed by atoms with van der Waals surface area (Å²) in [6.45, 7) is 2.40. The van der Waals surface area contributed by atoms with E-state index in [1.165, 1.54) is 0 Å². The van der Waals surface area contributed by atoms with Crippen molar-refractivity contribution in [3.63, 3.8) is 0 Å². The molecule has 3 aromatic rings. The number of aromatic nitrogens is 3. The highest BCUT2D eigenvalue weighted by Crippen LogP contribution is 2.23. The Morgan fingerprint density at radius 3 is 2.68 bits per heavy atom. The number of nitrogens with one attached hydrogen (secondary N) is 2. The minimum atomic E-state index is -0.0959. The van der Waals surface area contributed by atoms with Crippen molar-refractivity contribution in [2.45, 2.75) is 25.9 Å². The van der Waals surface area contributed by atoms with Crippen molar-refractivity contribution in [2.24, 2.45) is 0 Å². The largest absolute Gasteiger partial charge is 0.497 e. The lowest BCUT2D eigenvalue weighted by molar-refractivity contribution is -0.121. The van der Waals surface area contributed by atoms with Gasteiger partial charge in [-0.1, -0.05) is 34.1 Å². The molecule has 0 bridgehead atoms. The molecule has 1 aromatic heterocycles. The normalized spacial score (nSPS) is 11.8. The Hall–Kier alpha value is -2.45. The van der Waals surface area contributed by atoms with Gasteiger partial charge in [-0.3, -0.25) is 14.5 Å². The van der Waals surface area contributed by atoms with Crippen LogP contribution in [0.4, 0.5) is 0 Å². The molecule has 0 aliphatic heterocycles. The smallest absolute Gasteiger partial charge is 0.222 e. The Morgan fingerprint density at radius 1 is 1.29 bits per heavy atom. The molecule has 8 heteroatoms. The molecule has 1 amide bonds. The predicted octanol–water partition coefficient (Wildman–Crippen LogP) is 4.65. The molecule has 1 atom stereocenters. The minimum Gasteiger partial charge on any atom is -0.497 e. The monoisotopic (exact) mass is 460 g/mol. The lowest BCUT2D eigenvalue weighted by Crippen LogP contribution is -2.27. The number of hydrogen-bond acceptors (Lipinski definition) is 4. The molecule has 0 aliphatic carbocycles. The van der Waals surface area contributed by atoms with Crippen molar-refractivity contribution in [3.05, 3.63) is 63.3 Å². The van der Waals surface area contributed by atoms with Gasteiger partial charge in [0.1, 0.15) is 5.75 Å². The molecular formula is C20H21BrN4O2S. The van der Waals surface area contributed by atoms with Crippen LogP contribution in [-0.2, 0) is 11.3 Å². The number of nitrogens with zero attached hydrogens (tertiary/aromatic N) is 2. The van der Waals surface area contributed by atoms with Gasteiger partial charge in [-0.05, 0) is 55.0 Å². The van der Waals surface area contributed by atoms with Gasteiger partial charge in [-0.25, -0.2) is 0 Å². The van der Waals surface area contributed by atoms with Crippen LogP contribution in [0.1, 0.15) is 24.9 Å². The molecule has 0 aliphatic rings. The molecule has 146 valence electrons. The first-order chi connectivity index (χ1) is 13.5. The van der Waals surface area contributed by atoms with Crippen LogP contribution in [0.25, 0.3) is 11.4 Å². The van der Waals surface area contributed by atoms with Crippen LogP contribution in [0.5, 0.6) is 5.75 Å². The summed E-state index contributed by atoms with van der Waals surface area (Å²) < 4.78 is 8.48. The third kappa shape index (κ3) is 4.69. The third-order valence-corrected chi connectivity index (χ3v) is 5.45. The van der Waals surface area contributed by atoms with E-state index in [4.69, 9.17) is 17.0 Å². The van der Waals surface area contributed by atoms with E-state index in [0.717, 1.165) is 21.3 Å². The quantitative estimate of drug-likeness (QED) is 0.503. The van der Waals surface area contributed by atoms with E-state index >= 15 is 0 Å². The number of carbonyl (C=O) groups is 1. The maximum atomic E-state index is 12.5. The fourth-order valence-electron chi connectivity index (χ4n) is 2.92. The summed E-state index contributed by atoms with van der Waals surface area (Å²) in [6.07, 6.45) is 0.297. The van der Waals surface area contributed by atoms with Crippen LogP contribution in [0.2, 0.25) is 0 Å². The Balaban J connectivity index is 1.67. The zero-order valence-electron chi connectivity index (χ0n) is 15.6. The number of hydrogen-bond donors (Lipinski definition) is 2. The summed E-state index contributed by atoms with van der Waals surface area (Å²) in [5.41, 5.74) is 1.94. The van der Waals surface area contributed by atoms with E-state index in [9.17, 15) is 4.79 Å². The first-order valence-electron chi connectivity index (χ1n) is 8.83. The van der Waals surface area contributed by atoms with E-state index in [1.807, 2.05) is 60.0 Å². The van der Waals surface area contributed by atoms with E-state index in [-0.39, 0.29) is 11.9 Å². The van der Waals surface area contributed by atoms with Gasteiger partial charge in [0, 0.05) is 23.0 Å². The highest BCUT2D eigenvalue weighted by molar-refractivity contribution is 9.10. The molecule has 0 fully saturated rings. The molecule has 0 saturated carbocycles. The maximum absolute atomic E-state index is 12.5. The number of methoxy groups -OCH3 is 1. The van der Waals surface area contributed by atoms with Crippen LogP contribution in [-0.4, -0.2) is 27.8 Å².